The number of carboxylic acids is 1. The minimum absolute atomic E-state index is 0.0546. The molecule has 1 atom stereocenters. The van der Waals surface area contributed by atoms with Gasteiger partial charge in [-0.05, 0) is 5.92 Å². The molecule has 0 saturated carbocycles. The van der Waals surface area contributed by atoms with E-state index in [9.17, 15) is 9.36 Å². The standard InChI is InChI=1S/C6H11O3P/c1-4(2)5(3-10-9)6(7)8/h4-5H,3H2,1-2H3,(H,7,8). The summed E-state index contributed by atoms with van der Waals surface area (Å²) in [7, 11) is -0.0858. The normalized spacial score (nSPS) is 13.9. The first kappa shape index (κ1) is 9.57. The fourth-order valence-corrected chi connectivity index (χ4v) is 1.39. The Morgan fingerprint density at radius 1 is 1.60 bits per heavy atom. The number of rotatable bonds is 4. The van der Waals surface area contributed by atoms with Gasteiger partial charge in [0.05, 0.1) is 5.92 Å². The van der Waals surface area contributed by atoms with Crippen LogP contribution in [-0.2, 0) is 9.36 Å². The molecule has 58 valence electrons. The molecule has 0 amide bonds. The summed E-state index contributed by atoms with van der Waals surface area (Å²) in [6.45, 7) is 3.62. The zero-order valence-corrected chi connectivity index (χ0v) is 6.97. The highest BCUT2D eigenvalue weighted by molar-refractivity contribution is 7.23. The average molecular weight is 162 g/mol. The van der Waals surface area contributed by atoms with Crippen LogP contribution in [0.5, 0.6) is 0 Å². The van der Waals surface area contributed by atoms with Gasteiger partial charge in [-0.25, -0.2) is 0 Å². The Labute approximate surface area is 61.6 Å². The van der Waals surface area contributed by atoms with E-state index in [-0.39, 0.29) is 20.5 Å². The number of aliphatic carboxylic acids is 1. The molecule has 0 saturated heterocycles. The second-order valence-electron chi connectivity index (χ2n) is 2.50. The highest BCUT2D eigenvalue weighted by atomic mass is 31.1. The predicted octanol–water partition coefficient (Wildman–Crippen LogP) is 1.63. The lowest BCUT2D eigenvalue weighted by molar-refractivity contribution is -0.142. The maximum absolute atomic E-state index is 10.4. The molecule has 4 heteroatoms. The Balaban J connectivity index is 3.97. The fourth-order valence-electron chi connectivity index (χ4n) is 0.654. The van der Waals surface area contributed by atoms with Crippen LogP contribution in [0.25, 0.3) is 0 Å². The zero-order chi connectivity index (χ0) is 8.15. The van der Waals surface area contributed by atoms with Crippen molar-refractivity contribution < 1.29 is 14.5 Å². The van der Waals surface area contributed by atoms with Gasteiger partial charge in [-0.3, -0.25) is 9.36 Å². The molecular formula is C6H11O3P. The lowest BCUT2D eigenvalue weighted by Gasteiger charge is -2.10. The molecule has 0 aromatic carbocycles. The van der Waals surface area contributed by atoms with Crippen molar-refractivity contribution in [1.29, 1.82) is 0 Å². The summed E-state index contributed by atoms with van der Waals surface area (Å²) >= 11 is 0. The molecule has 0 heterocycles. The van der Waals surface area contributed by atoms with Crippen LogP contribution in [0.15, 0.2) is 0 Å². The van der Waals surface area contributed by atoms with Crippen LogP contribution in [0.1, 0.15) is 13.8 Å². The molecule has 0 fully saturated rings. The lowest BCUT2D eigenvalue weighted by atomic mass is 9.98. The van der Waals surface area contributed by atoms with E-state index >= 15 is 0 Å². The third-order valence-corrected chi connectivity index (χ3v) is 1.94. The van der Waals surface area contributed by atoms with Gasteiger partial charge in [-0.15, -0.1) is 0 Å². The Morgan fingerprint density at radius 2 is 2.10 bits per heavy atom. The highest BCUT2D eigenvalue weighted by Gasteiger charge is 2.20. The lowest BCUT2D eigenvalue weighted by Crippen LogP contribution is -2.20. The molecule has 0 aliphatic carbocycles. The van der Waals surface area contributed by atoms with Gasteiger partial charge in [-0.2, -0.15) is 0 Å². The molecule has 0 aliphatic heterocycles. The van der Waals surface area contributed by atoms with E-state index in [2.05, 4.69) is 0 Å². The van der Waals surface area contributed by atoms with Crippen molar-refractivity contribution in [2.24, 2.45) is 11.8 Å². The summed E-state index contributed by atoms with van der Waals surface area (Å²) in [5.74, 6) is -1.28. The smallest absolute Gasteiger partial charge is 0.307 e. The Kier molecular flexibility index (Phi) is 4.21. The van der Waals surface area contributed by atoms with Crippen molar-refractivity contribution in [3.63, 3.8) is 0 Å². The monoisotopic (exact) mass is 162 g/mol. The van der Waals surface area contributed by atoms with Crippen molar-refractivity contribution >= 4 is 14.4 Å². The molecule has 0 aromatic heterocycles. The maximum Gasteiger partial charge on any atom is 0.307 e. The maximum atomic E-state index is 10.4. The first-order valence-corrected chi connectivity index (χ1v) is 4.11. The van der Waals surface area contributed by atoms with Crippen molar-refractivity contribution in [1.82, 2.24) is 0 Å². The molecule has 1 unspecified atom stereocenters. The summed E-state index contributed by atoms with van der Waals surface area (Å²) in [5, 5.41) is 8.53. The number of carbonyl (C=O) groups is 1. The summed E-state index contributed by atoms with van der Waals surface area (Å²) in [6.07, 6.45) is 0.215. The quantitative estimate of drug-likeness (QED) is 0.639. The zero-order valence-electron chi connectivity index (χ0n) is 6.07. The van der Waals surface area contributed by atoms with E-state index in [1.54, 1.807) is 0 Å². The van der Waals surface area contributed by atoms with Crippen molar-refractivity contribution in [3.8, 4) is 0 Å². The predicted molar refractivity (Wildman–Crippen MR) is 38.4 cm³/mol. The van der Waals surface area contributed by atoms with Crippen LogP contribution < -0.4 is 0 Å². The number of carboxylic acid groups (broad SMARTS) is 1. The number of hydrogen-bond donors (Lipinski definition) is 1. The summed E-state index contributed by atoms with van der Waals surface area (Å²) < 4.78 is 10.1. The van der Waals surface area contributed by atoms with Crippen LogP contribution in [0.2, 0.25) is 0 Å². The van der Waals surface area contributed by atoms with Crippen LogP contribution in [0.3, 0.4) is 0 Å². The topological polar surface area (TPSA) is 54.4 Å². The minimum Gasteiger partial charge on any atom is -0.481 e. The molecule has 0 spiro atoms. The van der Waals surface area contributed by atoms with Gasteiger partial charge in [0.15, 0.2) is 8.46 Å². The average Bonchev–Trinajstić information content (AvgIpc) is 1.81. The van der Waals surface area contributed by atoms with Gasteiger partial charge in [0.25, 0.3) is 0 Å². The third-order valence-electron chi connectivity index (χ3n) is 1.39. The van der Waals surface area contributed by atoms with Gasteiger partial charge < -0.3 is 5.11 Å². The Hall–Kier alpha value is -0.430. The van der Waals surface area contributed by atoms with Crippen molar-refractivity contribution in [2.75, 3.05) is 6.16 Å². The summed E-state index contributed by atoms with van der Waals surface area (Å²) in [6, 6.07) is 0. The highest BCUT2D eigenvalue weighted by Crippen LogP contribution is 2.15. The van der Waals surface area contributed by atoms with Crippen LogP contribution in [0, 0.1) is 11.8 Å². The largest absolute Gasteiger partial charge is 0.481 e. The van der Waals surface area contributed by atoms with Crippen molar-refractivity contribution in [2.45, 2.75) is 13.8 Å². The van der Waals surface area contributed by atoms with E-state index in [1.807, 2.05) is 13.8 Å². The second-order valence-corrected chi connectivity index (χ2v) is 3.12. The molecule has 1 N–H and O–H groups in total. The molecule has 0 aromatic rings. The van der Waals surface area contributed by atoms with E-state index in [4.69, 9.17) is 5.11 Å². The molecular weight excluding hydrogens is 151 g/mol. The van der Waals surface area contributed by atoms with E-state index in [0.717, 1.165) is 0 Å². The van der Waals surface area contributed by atoms with E-state index in [1.165, 1.54) is 0 Å². The summed E-state index contributed by atoms with van der Waals surface area (Å²) in [5.41, 5.74) is 0. The fraction of sp³-hybridized carbons (Fsp3) is 0.833. The number of hydrogen-bond acceptors (Lipinski definition) is 2. The van der Waals surface area contributed by atoms with Gasteiger partial charge in [0, 0.05) is 6.16 Å². The molecule has 0 radical (unpaired) electrons. The second kappa shape index (κ2) is 4.40. The Morgan fingerprint density at radius 3 is 2.20 bits per heavy atom. The Bertz CT molecular complexity index is 133. The molecule has 0 rings (SSSR count). The van der Waals surface area contributed by atoms with Gasteiger partial charge in [-0.1, -0.05) is 13.8 Å². The SMILES string of the molecule is CC(C)C(CP=O)C(=O)O. The van der Waals surface area contributed by atoms with Crippen LogP contribution in [0.4, 0.5) is 0 Å². The van der Waals surface area contributed by atoms with Crippen molar-refractivity contribution in [3.05, 3.63) is 0 Å². The first-order chi connectivity index (χ1) is 4.59. The minimum atomic E-state index is -0.863. The molecule has 3 nitrogen and oxygen atoms in total. The van der Waals surface area contributed by atoms with Gasteiger partial charge >= 0.3 is 5.97 Å². The van der Waals surface area contributed by atoms with E-state index in [0.29, 0.717) is 0 Å². The summed E-state index contributed by atoms with van der Waals surface area (Å²) in [4.78, 5) is 10.4. The first-order valence-electron chi connectivity index (χ1n) is 3.11. The molecule has 0 bridgehead atoms. The third kappa shape index (κ3) is 2.92. The van der Waals surface area contributed by atoms with Gasteiger partial charge in [0.2, 0.25) is 0 Å². The molecule has 10 heavy (non-hydrogen) atoms. The van der Waals surface area contributed by atoms with Gasteiger partial charge in [0.1, 0.15) is 0 Å². The molecule has 0 aliphatic rings. The van der Waals surface area contributed by atoms with Crippen LogP contribution in [-0.4, -0.2) is 17.2 Å². The van der Waals surface area contributed by atoms with Crippen LogP contribution >= 0.6 is 8.46 Å². The van der Waals surface area contributed by atoms with E-state index < -0.39 is 11.9 Å².